The lowest BCUT2D eigenvalue weighted by Gasteiger charge is -2.28. The Bertz CT molecular complexity index is 961. The zero-order valence-corrected chi connectivity index (χ0v) is 16.1. The molecule has 0 heterocycles. The fraction of sp³-hybridized carbons (Fsp3) is 0.278. The second kappa shape index (κ2) is 8.09. The van der Waals surface area contributed by atoms with Crippen molar-refractivity contribution in [3.8, 4) is 5.75 Å². The van der Waals surface area contributed by atoms with Crippen molar-refractivity contribution in [3.05, 3.63) is 54.1 Å². The van der Waals surface area contributed by atoms with Gasteiger partial charge in [0.1, 0.15) is 11.8 Å². The summed E-state index contributed by atoms with van der Waals surface area (Å²) in [6, 6.07) is 9.15. The van der Waals surface area contributed by atoms with Gasteiger partial charge in [-0.05, 0) is 31.2 Å². The van der Waals surface area contributed by atoms with Gasteiger partial charge < -0.3 is 10.1 Å². The molecule has 0 aliphatic rings. The minimum atomic E-state index is -4.67. The molecule has 10 heteroatoms. The van der Waals surface area contributed by atoms with E-state index in [1.807, 2.05) is 0 Å². The summed E-state index contributed by atoms with van der Waals surface area (Å²) in [6.07, 6.45) is -3.77. The molecule has 0 fully saturated rings. The second-order valence-corrected chi connectivity index (χ2v) is 7.83. The number of hydrogen-bond acceptors (Lipinski definition) is 4. The van der Waals surface area contributed by atoms with Gasteiger partial charge in [0.05, 0.1) is 30.3 Å². The second-order valence-electron chi connectivity index (χ2n) is 5.97. The summed E-state index contributed by atoms with van der Waals surface area (Å²) in [5.41, 5.74) is -1.33. The quantitative estimate of drug-likeness (QED) is 0.782. The predicted molar refractivity (Wildman–Crippen MR) is 99.9 cm³/mol. The third-order valence-electron chi connectivity index (χ3n) is 3.89. The molecule has 1 N–H and O–H groups in total. The Labute approximate surface area is 161 Å². The summed E-state index contributed by atoms with van der Waals surface area (Å²) in [6.45, 7) is 1.28. The van der Waals surface area contributed by atoms with Gasteiger partial charge in [-0.1, -0.05) is 18.2 Å². The van der Waals surface area contributed by atoms with Crippen LogP contribution >= 0.6 is 0 Å². The van der Waals surface area contributed by atoms with Crippen LogP contribution in [-0.4, -0.2) is 33.7 Å². The van der Waals surface area contributed by atoms with Crippen LogP contribution in [0, 0.1) is 0 Å². The molecule has 1 amide bonds. The zero-order chi connectivity index (χ0) is 21.1. The first-order valence-corrected chi connectivity index (χ1v) is 9.90. The summed E-state index contributed by atoms with van der Waals surface area (Å²) < 4.78 is 69.8. The fourth-order valence-electron chi connectivity index (χ4n) is 2.63. The predicted octanol–water partition coefficient (Wildman–Crippen LogP) is 3.51. The largest absolute Gasteiger partial charge is 0.497 e. The van der Waals surface area contributed by atoms with Gasteiger partial charge in [0, 0.05) is 6.07 Å². The third kappa shape index (κ3) is 4.94. The van der Waals surface area contributed by atoms with E-state index in [1.54, 1.807) is 6.07 Å². The molecule has 1 atom stereocenters. The molecule has 2 aromatic rings. The Morgan fingerprint density at radius 2 is 1.79 bits per heavy atom. The number of hydrogen-bond donors (Lipinski definition) is 1. The number of carbonyl (C=O) groups excluding carboxylic acids is 1. The third-order valence-corrected chi connectivity index (χ3v) is 5.13. The molecule has 0 radical (unpaired) electrons. The van der Waals surface area contributed by atoms with Crippen LogP contribution in [0.4, 0.5) is 24.5 Å². The van der Waals surface area contributed by atoms with Gasteiger partial charge in [-0.15, -0.1) is 0 Å². The number of ether oxygens (including phenoxy) is 1. The summed E-state index contributed by atoms with van der Waals surface area (Å²) >= 11 is 0. The van der Waals surface area contributed by atoms with Gasteiger partial charge >= 0.3 is 6.18 Å². The molecule has 2 aromatic carbocycles. The van der Waals surface area contributed by atoms with Gasteiger partial charge in [0.15, 0.2) is 0 Å². The summed E-state index contributed by atoms with van der Waals surface area (Å²) in [5.74, 6) is -0.550. The molecule has 2 rings (SSSR count). The maximum Gasteiger partial charge on any atom is 0.418 e. The number of nitrogens with zero attached hydrogens (tertiary/aromatic N) is 1. The summed E-state index contributed by atoms with van der Waals surface area (Å²) in [4.78, 5) is 12.6. The Kier molecular flexibility index (Phi) is 6.23. The highest BCUT2D eigenvalue weighted by Gasteiger charge is 2.35. The lowest BCUT2D eigenvalue weighted by atomic mass is 10.1. The lowest BCUT2D eigenvalue weighted by Crippen LogP contribution is -2.45. The first-order chi connectivity index (χ1) is 12.9. The van der Waals surface area contributed by atoms with Crippen LogP contribution in [0.1, 0.15) is 12.5 Å². The Morgan fingerprint density at radius 3 is 2.36 bits per heavy atom. The van der Waals surface area contributed by atoms with Crippen molar-refractivity contribution in [2.75, 3.05) is 23.0 Å². The molecular formula is C18H19F3N2O4S. The molecule has 1 unspecified atom stereocenters. The number of halogens is 3. The number of anilines is 2. The van der Waals surface area contributed by atoms with Crippen LogP contribution in [0.25, 0.3) is 0 Å². The van der Waals surface area contributed by atoms with Crippen molar-refractivity contribution in [3.63, 3.8) is 0 Å². The molecule has 28 heavy (non-hydrogen) atoms. The number of rotatable bonds is 6. The monoisotopic (exact) mass is 416 g/mol. The van der Waals surface area contributed by atoms with E-state index in [9.17, 15) is 26.4 Å². The fourth-order valence-corrected chi connectivity index (χ4v) is 3.80. The molecule has 0 aliphatic carbocycles. The summed E-state index contributed by atoms with van der Waals surface area (Å²) in [7, 11) is -2.53. The van der Waals surface area contributed by atoms with Crippen LogP contribution in [-0.2, 0) is 21.0 Å². The molecule has 6 nitrogen and oxygen atoms in total. The van der Waals surface area contributed by atoms with E-state index in [0.717, 1.165) is 22.7 Å². The van der Waals surface area contributed by atoms with Gasteiger partial charge in [-0.2, -0.15) is 13.2 Å². The van der Waals surface area contributed by atoms with Crippen molar-refractivity contribution >= 4 is 27.3 Å². The minimum absolute atomic E-state index is 0.147. The first-order valence-electron chi connectivity index (χ1n) is 8.05. The van der Waals surface area contributed by atoms with E-state index in [2.05, 4.69) is 5.32 Å². The smallest absolute Gasteiger partial charge is 0.418 e. The molecule has 0 bridgehead atoms. The molecular weight excluding hydrogens is 397 g/mol. The number of amides is 1. The maximum atomic E-state index is 13.1. The molecule has 0 aliphatic heterocycles. The van der Waals surface area contributed by atoms with Gasteiger partial charge in [0.2, 0.25) is 15.9 Å². The van der Waals surface area contributed by atoms with Crippen LogP contribution in [0.5, 0.6) is 5.75 Å². The topological polar surface area (TPSA) is 75.7 Å². The maximum absolute atomic E-state index is 13.1. The van der Waals surface area contributed by atoms with E-state index in [-0.39, 0.29) is 5.69 Å². The van der Waals surface area contributed by atoms with Gasteiger partial charge in [-0.3, -0.25) is 9.10 Å². The highest BCUT2D eigenvalue weighted by Crippen LogP contribution is 2.35. The Hall–Kier alpha value is -2.75. The van der Waals surface area contributed by atoms with E-state index in [0.29, 0.717) is 5.75 Å². The molecule has 0 aromatic heterocycles. The van der Waals surface area contributed by atoms with E-state index >= 15 is 0 Å². The molecule has 0 saturated heterocycles. The van der Waals surface area contributed by atoms with Crippen molar-refractivity contribution in [1.82, 2.24) is 0 Å². The minimum Gasteiger partial charge on any atom is -0.497 e. The molecule has 0 spiro atoms. The average Bonchev–Trinajstić information content (AvgIpc) is 2.60. The zero-order valence-electron chi connectivity index (χ0n) is 15.3. The number of nitrogens with one attached hydrogen (secondary N) is 1. The Balaban J connectivity index is 2.38. The number of sulfonamides is 1. The van der Waals surface area contributed by atoms with Crippen LogP contribution in [0.15, 0.2) is 48.5 Å². The van der Waals surface area contributed by atoms with Crippen LogP contribution < -0.4 is 14.4 Å². The molecule has 152 valence electrons. The van der Waals surface area contributed by atoms with Crippen molar-refractivity contribution in [2.45, 2.75) is 19.1 Å². The SMILES string of the molecule is COc1cccc(N(C(C)C(=O)Nc2ccccc2C(F)(F)F)S(C)(=O)=O)c1. The number of carbonyl (C=O) groups is 1. The molecule has 0 saturated carbocycles. The highest BCUT2D eigenvalue weighted by atomic mass is 32.2. The average molecular weight is 416 g/mol. The van der Waals surface area contributed by atoms with E-state index in [4.69, 9.17) is 4.74 Å². The van der Waals surface area contributed by atoms with Gasteiger partial charge in [0.25, 0.3) is 0 Å². The van der Waals surface area contributed by atoms with Crippen LogP contribution in [0.3, 0.4) is 0 Å². The number of benzene rings is 2. The van der Waals surface area contributed by atoms with Crippen molar-refractivity contribution in [1.29, 1.82) is 0 Å². The summed E-state index contributed by atoms with van der Waals surface area (Å²) in [5, 5.41) is 2.17. The van der Waals surface area contributed by atoms with Crippen molar-refractivity contribution < 1.29 is 31.1 Å². The van der Waals surface area contributed by atoms with Gasteiger partial charge in [-0.25, -0.2) is 8.42 Å². The van der Waals surface area contributed by atoms with E-state index < -0.39 is 39.4 Å². The Morgan fingerprint density at radius 1 is 1.14 bits per heavy atom. The lowest BCUT2D eigenvalue weighted by molar-refractivity contribution is -0.137. The van der Waals surface area contributed by atoms with E-state index in [1.165, 1.54) is 44.4 Å². The first kappa shape index (κ1) is 21.5. The highest BCUT2D eigenvalue weighted by molar-refractivity contribution is 7.92. The standard InChI is InChI=1S/C18H19F3N2O4S/c1-12(17(24)22-16-10-5-4-9-15(16)18(19,20)21)23(28(3,25)26)13-7-6-8-14(11-13)27-2/h4-12H,1-3H3,(H,22,24). The normalized spacial score (nSPS) is 12.9. The number of methoxy groups -OCH3 is 1. The van der Waals surface area contributed by atoms with Crippen LogP contribution in [0.2, 0.25) is 0 Å². The number of para-hydroxylation sites is 1. The van der Waals surface area contributed by atoms with Crippen molar-refractivity contribution in [2.24, 2.45) is 0 Å². The number of alkyl halides is 3.